The van der Waals surface area contributed by atoms with Crippen LogP contribution in [0.5, 0.6) is 0 Å². The molecule has 0 aliphatic heterocycles. The molecular weight excluding hydrogens is 184 g/mol. The van der Waals surface area contributed by atoms with Crippen molar-refractivity contribution < 1.29 is 13.9 Å². The van der Waals surface area contributed by atoms with Crippen molar-refractivity contribution in [3.05, 3.63) is 6.92 Å². The zero-order chi connectivity index (χ0) is 10.2. The molecule has 0 aromatic heterocycles. The first-order valence-corrected chi connectivity index (χ1v) is 6.09. The predicted molar refractivity (Wildman–Crippen MR) is 56.1 cm³/mol. The number of methoxy groups -OCH3 is 1. The molecular formula is C9H21O3Si. The van der Waals surface area contributed by atoms with Gasteiger partial charge in [-0.05, 0) is 26.7 Å². The molecule has 0 heterocycles. The van der Waals surface area contributed by atoms with Crippen LogP contribution in [0.3, 0.4) is 0 Å². The maximum absolute atomic E-state index is 5.53. The van der Waals surface area contributed by atoms with Gasteiger partial charge < -0.3 is 13.9 Å². The second kappa shape index (κ2) is 7.50. The number of hydrogen-bond acceptors (Lipinski definition) is 3. The molecule has 4 heteroatoms. The van der Waals surface area contributed by atoms with E-state index in [9.17, 15) is 0 Å². The van der Waals surface area contributed by atoms with E-state index in [1.807, 2.05) is 6.92 Å². The Hall–Kier alpha value is 0.0969. The van der Waals surface area contributed by atoms with E-state index < -0.39 is 15.2 Å². The zero-order valence-electron chi connectivity index (χ0n) is 8.97. The number of ether oxygens (including phenoxy) is 2. The number of hydrogen-bond donors (Lipinski definition) is 0. The summed E-state index contributed by atoms with van der Waals surface area (Å²) in [5, 5.41) is 0. The highest BCUT2D eigenvalue weighted by molar-refractivity contribution is 6.31. The molecule has 0 bridgehead atoms. The fraction of sp³-hybridized carbons (Fsp3) is 0.889. The largest absolute Gasteiger partial charge is 0.418 e. The van der Waals surface area contributed by atoms with Crippen molar-refractivity contribution >= 4 is 9.76 Å². The molecule has 0 rings (SSSR count). The summed E-state index contributed by atoms with van der Waals surface area (Å²) in [6.45, 7) is 9.32. The molecule has 0 aliphatic carbocycles. The molecule has 79 valence electrons. The van der Waals surface area contributed by atoms with Gasteiger partial charge in [0, 0.05) is 20.3 Å². The Morgan fingerprint density at radius 2 is 2.08 bits per heavy atom. The molecule has 1 radical (unpaired) electrons. The highest BCUT2D eigenvalue weighted by Gasteiger charge is 2.29. The van der Waals surface area contributed by atoms with E-state index in [2.05, 4.69) is 13.8 Å². The molecule has 0 aromatic rings. The van der Waals surface area contributed by atoms with Crippen LogP contribution in [0.25, 0.3) is 0 Å². The summed E-state index contributed by atoms with van der Waals surface area (Å²) < 4.78 is 16.4. The maximum Gasteiger partial charge on any atom is 0.227 e. The van der Waals surface area contributed by atoms with E-state index in [4.69, 9.17) is 13.9 Å². The normalized spacial score (nSPS) is 16.6. The Bertz CT molecular complexity index is 115. The Balaban J connectivity index is 3.89. The van der Waals surface area contributed by atoms with Crippen molar-refractivity contribution in [3.63, 3.8) is 0 Å². The van der Waals surface area contributed by atoms with Gasteiger partial charge in [0.15, 0.2) is 5.41 Å². The van der Waals surface area contributed by atoms with Crippen LogP contribution in [0.2, 0.25) is 0 Å². The van der Waals surface area contributed by atoms with Crippen molar-refractivity contribution in [1.29, 1.82) is 0 Å². The molecule has 1 unspecified atom stereocenters. The van der Waals surface area contributed by atoms with Gasteiger partial charge in [0.05, 0.1) is 0 Å². The zero-order valence-corrected chi connectivity index (χ0v) is 10.4. The number of rotatable bonds is 8. The topological polar surface area (TPSA) is 27.7 Å². The van der Waals surface area contributed by atoms with E-state index in [-0.39, 0.29) is 0 Å². The van der Waals surface area contributed by atoms with Gasteiger partial charge in [0.1, 0.15) is 0 Å². The first-order valence-electron chi connectivity index (χ1n) is 4.80. The molecule has 0 aliphatic rings. The van der Waals surface area contributed by atoms with Crippen LogP contribution in [0.15, 0.2) is 0 Å². The van der Waals surface area contributed by atoms with Gasteiger partial charge in [-0.1, -0.05) is 6.92 Å². The molecule has 0 saturated carbocycles. The fourth-order valence-electron chi connectivity index (χ4n) is 1.04. The smallest absolute Gasteiger partial charge is 0.227 e. The predicted octanol–water partition coefficient (Wildman–Crippen LogP) is 1.06. The summed E-state index contributed by atoms with van der Waals surface area (Å²) in [7, 11) is 0.845. The summed E-state index contributed by atoms with van der Waals surface area (Å²) in [4.78, 5) is 0. The monoisotopic (exact) mass is 205 g/mol. The SMILES string of the molecule is [CH2]CC(OC)(OCC)[SiH2]OCCC. The Kier molecular flexibility index (Phi) is 7.55. The summed E-state index contributed by atoms with van der Waals surface area (Å²) in [6.07, 6.45) is 1.66. The van der Waals surface area contributed by atoms with Gasteiger partial charge >= 0.3 is 0 Å². The Morgan fingerprint density at radius 3 is 2.46 bits per heavy atom. The third kappa shape index (κ3) is 4.76. The molecule has 3 nitrogen and oxygen atoms in total. The second-order valence-electron chi connectivity index (χ2n) is 2.85. The quantitative estimate of drug-likeness (QED) is 0.337. The highest BCUT2D eigenvalue weighted by atomic mass is 28.2. The molecule has 0 fully saturated rings. The first-order chi connectivity index (χ1) is 6.24. The summed E-state index contributed by atoms with van der Waals surface area (Å²) in [5.41, 5.74) is -0.510. The maximum atomic E-state index is 5.53. The van der Waals surface area contributed by atoms with Crippen molar-refractivity contribution in [1.82, 2.24) is 0 Å². The van der Waals surface area contributed by atoms with E-state index in [0.717, 1.165) is 13.0 Å². The van der Waals surface area contributed by atoms with Crippen molar-refractivity contribution in [3.8, 4) is 0 Å². The van der Waals surface area contributed by atoms with Crippen LogP contribution in [0.1, 0.15) is 26.7 Å². The standard InChI is InChI=1S/C9H21O3Si/c1-5-8-12-13-9(6-2,10-4)11-7-3/h2,5-8,13H2,1,3-4H3. The van der Waals surface area contributed by atoms with Crippen LogP contribution in [-0.4, -0.2) is 35.5 Å². The van der Waals surface area contributed by atoms with Crippen molar-refractivity contribution in [2.24, 2.45) is 0 Å². The minimum Gasteiger partial charge on any atom is -0.418 e. The molecule has 0 amide bonds. The molecule has 0 spiro atoms. The molecule has 0 aromatic carbocycles. The van der Waals surface area contributed by atoms with Crippen LogP contribution in [-0.2, 0) is 13.9 Å². The average Bonchev–Trinajstić information content (AvgIpc) is 2.17. The van der Waals surface area contributed by atoms with E-state index >= 15 is 0 Å². The van der Waals surface area contributed by atoms with Crippen LogP contribution < -0.4 is 0 Å². The van der Waals surface area contributed by atoms with Gasteiger partial charge in [0.25, 0.3) is 0 Å². The fourth-order valence-corrected chi connectivity index (χ4v) is 2.33. The van der Waals surface area contributed by atoms with Crippen molar-refractivity contribution in [2.75, 3.05) is 20.3 Å². The lowest BCUT2D eigenvalue weighted by Gasteiger charge is -2.30. The first kappa shape index (κ1) is 13.1. The lowest BCUT2D eigenvalue weighted by atomic mass is 10.4. The summed E-state index contributed by atoms with van der Waals surface area (Å²) >= 11 is 0. The van der Waals surface area contributed by atoms with E-state index in [1.54, 1.807) is 7.11 Å². The van der Waals surface area contributed by atoms with Crippen LogP contribution in [0, 0.1) is 6.92 Å². The minimum absolute atomic E-state index is 0.510. The Labute approximate surface area is 83.7 Å². The summed E-state index contributed by atoms with van der Waals surface area (Å²) in [5.74, 6) is 0. The van der Waals surface area contributed by atoms with Gasteiger partial charge in [-0.15, -0.1) is 0 Å². The summed E-state index contributed by atoms with van der Waals surface area (Å²) in [6, 6.07) is 0. The lowest BCUT2D eigenvalue weighted by molar-refractivity contribution is -0.165. The van der Waals surface area contributed by atoms with Gasteiger partial charge in [0.2, 0.25) is 9.76 Å². The van der Waals surface area contributed by atoms with Crippen LogP contribution >= 0.6 is 0 Å². The van der Waals surface area contributed by atoms with Crippen molar-refractivity contribution in [2.45, 2.75) is 32.1 Å². The molecule has 1 atom stereocenters. The third-order valence-corrected chi connectivity index (χ3v) is 3.61. The molecule has 0 saturated heterocycles. The van der Waals surface area contributed by atoms with Crippen LogP contribution in [0.4, 0.5) is 0 Å². The van der Waals surface area contributed by atoms with Gasteiger partial charge in [-0.3, -0.25) is 0 Å². The van der Waals surface area contributed by atoms with E-state index in [0.29, 0.717) is 13.0 Å². The average molecular weight is 205 g/mol. The van der Waals surface area contributed by atoms with Gasteiger partial charge in [-0.25, -0.2) is 0 Å². The molecule has 0 N–H and O–H groups in total. The third-order valence-electron chi connectivity index (χ3n) is 1.83. The second-order valence-corrected chi connectivity index (χ2v) is 4.62. The van der Waals surface area contributed by atoms with Gasteiger partial charge in [-0.2, -0.15) is 0 Å². The lowest BCUT2D eigenvalue weighted by Crippen LogP contribution is -2.42. The Morgan fingerprint density at radius 1 is 1.38 bits per heavy atom. The molecule has 13 heavy (non-hydrogen) atoms. The van der Waals surface area contributed by atoms with E-state index in [1.165, 1.54) is 0 Å². The minimum atomic E-state index is -0.811. The highest BCUT2D eigenvalue weighted by Crippen LogP contribution is 2.15.